The van der Waals surface area contributed by atoms with Gasteiger partial charge < -0.3 is 20.1 Å². The molecule has 1 fully saturated rings. The number of ether oxygens (including phenoxy) is 2. The predicted octanol–water partition coefficient (Wildman–Crippen LogP) is 3.12. The first-order valence-corrected chi connectivity index (χ1v) is 8.80. The highest BCUT2D eigenvalue weighted by atomic mass is 16.5. The van der Waals surface area contributed by atoms with Crippen LogP contribution >= 0.6 is 0 Å². The van der Waals surface area contributed by atoms with Crippen molar-refractivity contribution in [3.05, 3.63) is 30.5 Å². The summed E-state index contributed by atoms with van der Waals surface area (Å²) in [5, 5.41) is 14.6. The molecule has 25 heavy (non-hydrogen) atoms. The number of rotatable bonds is 8. The van der Waals surface area contributed by atoms with Crippen LogP contribution in [-0.4, -0.2) is 41.5 Å². The lowest BCUT2D eigenvalue weighted by Gasteiger charge is -2.23. The molecule has 0 unspecified atom stereocenters. The SMILES string of the molecule is COc1ccc(OCCNc2nncc(NC3CCCCC3)n2)cc1. The fourth-order valence-corrected chi connectivity index (χ4v) is 2.91. The highest BCUT2D eigenvalue weighted by molar-refractivity contribution is 5.38. The van der Waals surface area contributed by atoms with Gasteiger partial charge in [0.1, 0.15) is 18.1 Å². The van der Waals surface area contributed by atoms with Gasteiger partial charge in [-0.25, -0.2) is 0 Å². The molecule has 0 spiro atoms. The number of nitrogens with one attached hydrogen (secondary N) is 2. The zero-order chi connectivity index (χ0) is 17.3. The van der Waals surface area contributed by atoms with Crippen molar-refractivity contribution in [2.24, 2.45) is 0 Å². The maximum Gasteiger partial charge on any atom is 0.244 e. The molecule has 1 aromatic heterocycles. The molecule has 0 radical (unpaired) electrons. The van der Waals surface area contributed by atoms with Gasteiger partial charge >= 0.3 is 0 Å². The van der Waals surface area contributed by atoms with E-state index in [9.17, 15) is 0 Å². The molecule has 0 saturated heterocycles. The first-order chi connectivity index (χ1) is 12.3. The summed E-state index contributed by atoms with van der Waals surface area (Å²) in [6.45, 7) is 1.11. The van der Waals surface area contributed by atoms with Gasteiger partial charge in [-0.15, -0.1) is 5.10 Å². The van der Waals surface area contributed by atoms with E-state index in [1.807, 2.05) is 24.3 Å². The second-order valence-electron chi connectivity index (χ2n) is 6.10. The van der Waals surface area contributed by atoms with E-state index in [1.54, 1.807) is 13.3 Å². The van der Waals surface area contributed by atoms with Crippen molar-refractivity contribution in [1.29, 1.82) is 0 Å². The summed E-state index contributed by atoms with van der Waals surface area (Å²) >= 11 is 0. The molecule has 0 bridgehead atoms. The van der Waals surface area contributed by atoms with Crippen LogP contribution < -0.4 is 20.1 Å². The second kappa shape index (κ2) is 9.05. The van der Waals surface area contributed by atoms with Crippen molar-refractivity contribution in [3.8, 4) is 11.5 Å². The van der Waals surface area contributed by atoms with Crippen LogP contribution in [0.4, 0.5) is 11.8 Å². The number of anilines is 2. The lowest BCUT2D eigenvalue weighted by atomic mass is 9.96. The van der Waals surface area contributed by atoms with E-state index < -0.39 is 0 Å². The maximum absolute atomic E-state index is 5.67. The fourth-order valence-electron chi connectivity index (χ4n) is 2.91. The first kappa shape index (κ1) is 17.3. The molecule has 7 nitrogen and oxygen atoms in total. The van der Waals surface area contributed by atoms with Gasteiger partial charge in [-0.2, -0.15) is 10.1 Å². The molecule has 7 heteroatoms. The molecule has 1 aliphatic rings. The largest absolute Gasteiger partial charge is 0.497 e. The van der Waals surface area contributed by atoms with E-state index in [-0.39, 0.29) is 0 Å². The second-order valence-corrected chi connectivity index (χ2v) is 6.10. The highest BCUT2D eigenvalue weighted by Crippen LogP contribution is 2.20. The minimum absolute atomic E-state index is 0.497. The summed E-state index contributed by atoms with van der Waals surface area (Å²) < 4.78 is 10.8. The third kappa shape index (κ3) is 5.48. The quantitative estimate of drug-likeness (QED) is 0.713. The van der Waals surface area contributed by atoms with Gasteiger partial charge in [-0.3, -0.25) is 0 Å². The van der Waals surface area contributed by atoms with Crippen LogP contribution in [0.2, 0.25) is 0 Å². The van der Waals surface area contributed by atoms with Gasteiger partial charge in [0.05, 0.1) is 19.9 Å². The van der Waals surface area contributed by atoms with Crippen molar-refractivity contribution < 1.29 is 9.47 Å². The van der Waals surface area contributed by atoms with Gasteiger partial charge in [0.25, 0.3) is 0 Å². The summed E-state index contributed by atoms with van der Waals surface area (Å²) in [5.74, 6) is 2.90. The van der Waals surface area contributed by atoms with Gasteiger partial charge in [-0.05, 0) is 37.1 Å². The summed E-state index contributed by atoms with van der Waals surface area (Å²) in [6, 6.07) is 8.00. The van der Waals surface area contributed by atoms with Crippen LogP contribution in [0.5, 0.6) is 11.5 Å². The lowest BCUT2D eigenvalue weighted by Crippen LogP contribution is -2.23. The minimum Gasteiger partial charge on any atom is -0.497 e. The van der Waals surface area contributed by atoms with Crippen LogP contribution in [0, 0.1) is 0 Å². The van der Waals surface area contributed by atoms with Crippen LogP contribution in [-0.2, 0) is 0 Å². The van der Waals surface area contributed by atoms with Crippen LogP contribution in [0.1, 0.15) is 32.1 Å². The first-order valence-electron chi connectivity index (χ1n) is 8.80. The van der Waals surface area contributed by atoms with Gasteiger partial charge in [-0.1, -0.05) is 19.3 Å². The minimum atomic E-state index is 0.497. The Labute approximate surface area is 148 Å². The molecule has 1 aliphatic carbocycles. The molecule has 3 rings (SSSR count). The molecule has 2 aromatic rings. The molecule has 0 amide bonds. The average molecular weight is 343 g/mol. The predicted molar refractivity (Wildman–Crippen MR) is 97.3 cm³/mol. The molecular weight excluding hydrogens is 318 g/mol. The molecule has 1 heterocycles. The number of hydrogen-bond donors (Lipinski definition) is 2. The third-order valence-electron chi connectivity index (χ3n) is 4.23. The molecule has 1 saturated carbocycles. The normalized spacial score (nSPS) is 14.8. The summed E-state index contributed by atoms with van der Waals surface area (Å²) in [7, 11) is 1.64. The summed E-state index contributed by atoms with van der Waals surface area (Å²) in [4.78, 5) is 4.47. The zero-order valence-corrected chi connectivity index (χ0v) is 14.6. The van der Waals surface area contributed by atoms with Crippen LogP contribution in [0.3, 0.4) is 0 Å². The van der Waals surface area contributed by atoms with E-state index in [0.717, 1.165) is 17.3 Å². The molecule has 0 aliphatic heterocycles. The van der Waals surface area contributed by atoms with E-state index in [1.165, 1.54) is 32.1 Å². The number of aromatic nitrogens is 3. The van der Waals surface area contributed by atoms with Crippen molar-refractivity contribution >= 4 is 11.8 Å². The Morgan fingerprint density at radius 2 is 1.84 bits per heavy atom. The van der Waals surface area contributed by atoms with Gasteiger partial charge in [0.2, 0.25) is 5.95 Å². The number of hydrogen-bond acceptors (Lipinski definition) is 7. The highest BCUT2D eigenvalue weighted by Gasteiger charge is 2.13. The average Bonchev–Trinajstić information content (AvgIpc) is 2.67. The maximum atomic E-state index is 5.67. The monoisotopic (exact) mass is 343 g/mol. The third-order valence-corrected chi connectivity index (χ3v) is 4.23. The van der Waals surface area contributed by atoms with E-state index in [0.29, 0.717) is 25.1 Å². The number of nitrogens with zero attached hydrogens (tertiary/aromatic N) is 3. The van der Waals surface area contributed by atoms with Crippen LogP contribution in [0.15, 0.2) is 30.5 Å². The fraction of sp³-hybridized carbons (Fsp3) is 0.500. The number of methoxy groups -OCH3 is 1. The van der Waals surface area contributed by atoms with Crippen molar-refractivity contribution in [2.75, 3.05) is 30.9 Å². The van der Waals surface area contributed by atoms with E-state index in [4.69, 9.17) is 9.47 Å². The van der Waals surface area contributed by atoms with Gasteiger partial charge in [0.15, 0.2) is 5.82 Å². The standard InChI is InChI=1S/C18H25N5O2/c1-24-15-7-9-16(10-8-15)25-12-11-19-18-22-17(13-20-23-18)21-14-5-3-2-4-6-14/h7-10,13-14H,2-6,11-12H2,1H3,(H2,19,21,22,23). The van der Waals surface area contributed by atoms with Crippen molar-refractivity contribution in [2.45, 2.75) is 38.1 Å². The molecular formula is C18H25N5O2. The topological polar surface area (TPSA) is 81.2 Å². The molecule has 2 N–H and O–H groups in total. The smallest absolute Gasteiger partial charge is 0.244 e. The van der Waals surface area contributed by atoms with E-state index in [2.05, 4.69) is 25.8 Å². The summed E-state index contributed by atoms with van der Waals surface area (Å²) in [6.07, 6.45) is 7.97. The van der Waals surface area contributed by atoms with Crippen molar-refractivity contribution in [1.82, 2.24) is 15.2 Å². The Morgan fingerprint density at radius 3 is 2.60 bits per heavy atom. The van der Waals surface area contributed by atoms with Gasteiger partial charge in [0, 0.05) is 6.04 Å². The van der Waals surface area contributed by atoms with Crippen LogP contribution in [0.25, 0.3) is 0 Å². The molecule has 1 aromatic carbocycles. The molecule has 0 atom stereocenters. The molecule has 134 valence electrons. The summed E-state index contributed by atoms with van der Waals surface area (Å²) in [5.41, 5.74) is 0. The Bertz CT molecular complexity index is 644. The lowest BCUT2D eigenvalue weighted by molar-refractivity contribution is 0.331. The van der Waals surface area contributed by atoms with Crippen molar-refractivity contribution in [3.63, 3.8) is 0 Å². The Kier molecular flexibility index (Phi) is 6.25. The van der Waals surface area contributed by atoms with E-state index >= 15 is 0 Å². The Morgan fingerprint density at radius 1 is 1.08 bits per heavy atom. The Hall–Kier alpha value is -2.57. The number of benzene rings is 1. The zero-order valence-electron chi connectivity index (χ0n) is 14.6. The Balaban J connectivity index is 1.42.